The molecule has 0 amide bonds. The van der Waals surface area contributed by atoms with Crippen LogP contribution in [-0.4, -0.2) is 0 Å². The molecule has 0 saturated heterocycles. The van der Waals surface area contributed by atoms with Gasteiger partial charge in [0.15, 0.2) is 0 Å². The number of rotatable bonds is 5. The van der Waals surface area contributed by atoms with Crippen LogP contribution in [0.25, 0.3) is 98.7 Å². The molecule has 0 aliphatic carbocycles. The highest BCUT2D eigenvalue weighted by molar-refractivity contribution is 6.21. The van der Waals surface area contributed by atoms with Crippen LogP contribution in [0.5, 0.6) is 0 Å². The van der Waals surface area contributed by atoms with Crippen molar-refractivity contribution in [2.45, 2.75) is 0 Å². The van der Waals surface area contributed by atoms with Crippen LogP contribution in [-0.2, 0) is 0 Å². The van der Waals surface area contributed by atoms with E-state index < -0.39 is 0 Å². The molecule has 0 heteroatoms. The Morgan fingerprint density at radius 3 is 1.27 bits per heavy atom. The normalized spacial score (nSPS) is 11.5. The van der Waals surface area contributed by atoms with Crippen molar-refractivity contribution in [3.05, 3.63) is 206 Å². The number of hydrogen-bond acceptors (Lipinski definition) is 0. The van der Waals surface area contributed by atoms with Gasteiger partial charge in [0.05, 0.1) is 0 Å². The zero-order valence-corrected chi connectivity index (χ0v) is 28.6. The standard InChI is InChI=1S/C52H34/c1-2-11-35(12-3-1)36-23-29-41(30-24-36)51-47-16-6-8-18-49(47)52(50-19-9-7-17-48(50)51)43-32-26-38-25-31-42(33-44(38)34-43)37-21-27-40(28-22-37)46-20-10-14-39-13-4-5-15-45(39)46/h1-34H. The fraction of sp³-hybridized carbons (Fsp3) is 0. The summed E-state index contributed by atoms with van der Waals surface area (Å²) in [5, 5.41) is 10.1. The highest BCUT2D eigenvalue weighted by Crippen LogP contribution is 2.44. The molecule has 10 rings (SSSR count). The van der Waals surface area contributed by atoms with Crippen molar-refractivity contribution >= 4 is 43.1 Å². The molecular formula is C52H34. The first-order valence-corrected chi connectivity index (χ1v) is 18.0. The molecule has 0 nitrogen and oxygen atoms in total. The van der Waals surface area contributed by atoms with E-state index in [1.807, 2.05) is 0 Å². The van der Waals surface area contributed by atoms with E-state index in [2.05, 4.69) is 206 Å². The highest BCUT2D eigenvalue weighted by Gasteiger charge is 2.17. The Hall–Kier alpha value is -6.76. The maximum atomic E-state index is 2.38. The molecule has 0 radical (unpaired) electrons. The van der Waals surface area contributed by atoms with Crippen LogP contribution < -0.4 is 0 Å². The smallest absolute Gasteiger partial charge is 0.00262 e. The molecule has 0 aliphatic rings. The van der Waals surface area contributed by atoms with Gasteiger partial charge in [-0.25, -0.2) is 0 Å². The van der Waals surface area contributed by atoms with E-state index in [-0.39, 0.29) is 0 Å². The second kappa shape index (κ2) is 12.5. The van der Waals surface area contributed by atoms with Crippen molar-refractivity contribution in [2.24, 2.45) is 0 Å². The summed E-state index contributed by atoms with van der Waals surface area (Å²) >= 11 is 0. The van der Waals surface area contributed by atoms with Crippen molar-refractivity contribution in [3.63, 3.8) is 0 Å². The third-order valence-electron chi connectivity index (χ3n) is 10.7. The molecule has 0 heterocycles. The molecular weight excluding hydrogens is 625 g/mol. The molecule has 0 fully saturated rings. The van der Waals surface area contributed by atoms with E-state index in [1.165, 1.54) is 98.7 Å². The minimum Gasteiger partial charge on any atom is -0.0622 e. The predicted molar refractivity (Wildman–Crippen MR) is 224 cm³/mol. The van der Waals surface area contributed by atoms with Gasteiger partial charge in [-0.3, -0.25) is 0 Å². The van der Waals surface area contributed by atoms with Crippen molar-refractivity contribution in [1.82, 2.24) is 0 Å². The minimum absolute atomic E-state index is 1.22. The number of benzene rings is 10. The molecule has 0 aromatic heterocycles. The zero-order valence-electron chi connectivity index (χ0n) is 28.6. The van der Waals surface area contributed by atoms with Crippen LogP contribution in [0.4, 0.5) is 0 Å². The molecule has 0 N–H and O–H groups in total. The lowest BCUT2D eigenvalue weighted by atomic mass is 9.85. The largest absolute Gasteiger partial charge is 0.0622 e. The van der Waals surface area contributed by atoms with Crippen molar-refractivity contribution in [1.29, 1.82) is 0 Å². The first-order chi connectivity index (χ1) is 25.8. The molecule has 10 aromatic carbocycles. The molecule has 52 heavy (non-hydrogen) atoms. The van der Waals surface area contributed by atoms with Gasteiger partial charge in [0.2, 0.25) is 0 Å². The second-order valence-electron chi connectivity index (χ2n) is 13.7. The third-order valence-corrected chi connectivity index (χ3v) is 10.7. The van der Waals surface area contributed by atoms with Crippen molar-refractivity contribution < 1.29 is 0 Å². The molecule has 0 spiro atoms. The Labute approximate surface area is 303 Å². The van der Waals surface area contributed by atoms with Gasteiger partial charge in [-0.05, 0) is 111 Å². The van der Waals surface area contributed by atoms with E-state index in [0.29, 0.717) is 0 Å². The maximum absolute atomic E-state index is 2.38. The topological polar surface area (TPSA) is 0 Å². The van der Waals surface area contributed by atoms with Gasteiger partial charge in [0.1, 0.15) is 0 Å². The third kappa shape index (κ3) is 5.16. The molecule has 0 aliphatic heterocycles. The van der Waals surface area contributed by atoms with Gasteiger partial charge in [0, 0.05) is 0 Å². The van der Waals surface area contributed by atoms with Crippen molar-refractivity contribution in [2.75, 3.05) is 0 Å². The molecule has 0 atom stereocenters. The first-order valence-electron chi connectivity index (χ1n) is 18.0. The number of fused-ring (bicyclic) bond motifs is 4. The Morgan fingerprint density at radius 2 is 0.615 bits per heavy atom. The summed E-state index contributed by atoms with van der Waals surface area (Å²) in [6.07, 6.45) is 0. The van der Waals surface area contributed by atoms with Crippen LogP contribution in [0.15, 0.2) is 206 Å². The SMILES string of the molecule is c1ccc(-c2ccc(-c3c4ccccc4c(-c4ccc5ccc(-c6ccc(-c7cccc8ccccc78)cc6)cc5c4)c4ccccc34)cc2)cc1. The molecule has 242 valence electrons. The minimum atomic E-state index is 1.22. The summed E-state index contributed by atoms with van der Waals surface area (Å²) in [4.78, 5) is 0. The van der Waals surface area contributed by atoms with E-state index in [0.717, 1.165) is 0 Å². The van der Waals surface area contributed by atoms with Crippen LogP contribution in [0.1, 0.15) is 0 Å². The number of hydrogen-bond donors (Lipinski definition) is 0. The zero-order chi connectivity index (χ0) is 34.4. The van der Waals surface area contributed by atoms with Gasteiger partial charge in [-0.15, -0.1) is 0 Å². The van der Waals surface area contributed by atoms with Crippen LogP contribution in [0, 0.1) is 0 Å². The average Bonchev–Trinajstić information content (AvgIpc) is 3.22. The lowest BCUT2D eigenvalue weighted by Crippen LogP contribution is -1.91. The monoisotopic (exact) mass is 658 g/mol. The van der Waals surface area contributed by atoms with Gasteiger partial charge in [0.25, 0.3) is 0 Å². The van der Waals surface area contributed by atoms with Gasteiger partial charge in [-0.2, -0.15) is 0 Å². The van der Waals surface area contributed by atoms with E-state index in [4.69, 9.17) is 0 Å². The van der Waals surface area contributed by atoms with E-state index in [9.17, 15) is 0 Å². The second-order valence-corrected chi connectivity index (χ2v) is 13.7. The Balaban J connectivity index is 1.07. The quantitative estimate of drug-likeness (QED) is 0.161. The molecule has 0 bridgehead atoms. The van der Waals surface area contributed by atoms with Crippen LogP contribution in [0.2, 0.25) is 0 Å². The van der Waals surface area contributed by atoms with Crippen LogP contribution >= 0.6 is 0 Å². The summed E-state index contributed by atoms with van der Waals surface area (Å²) in [5.41, 5.74) is 12.4. The molecule has 10 aromatic rings. The molecule has 0 saturated carbocycles. The Kier molecular flexibility index (Phi) is 7.25. The highest BCUT2D eigenvalue weighted by atomic mass is 14.2. The van der Waals surface area contributed by atoms with Gasteiger partial charge >= 0.3 is 0 Å². The summed E-state index contributed by atoms with van der Waals surface area (Å²) in [7, 11) is 0. The van der Waals surface area contributed by atoms with Gasteiger partial charge in [-0.1, -0.05) is 194 Å². The maximum Gasteiger partial charge on any atom is -0.00262 e. The molecule has 0 unspecified atom stereocenters. The van der Waals surface area contributed by atoms with E-state index >= 15 is 0 Å². The fourth-order valence-corrected chi connectivity index (χ4v) is 8.11. The first kappa shape index (κ1) is 30.1. The lowest BCUT2D eigenvalue weighted by molar-refractivity contribution is 1.61. The predicted octanol–water partition coefficient (Wildman–Crippen LogP) is 14.6. The van der Waals surface area contributed by atoms with Gasteiger partial charge < -0.3 is 0 Å². The summed E-state index contributed by atoms with van der Waals surface area (Å²) in [6.45, 7) is 0. The van der Waals surface area contributed by atoms with Crippen LogP contribution in [0.3, 0.4) is 0 Å². The Morgan fingerprint density at radius 1 is 0.192 bits per heavy atom. The Bertz CT molecular complexity index is 2850. The van der Waals surface area contributed by atoms with E-state index in [1.54, 1.807) is 0 Å². The van der Waals surface area contributed by atoms with Crippen molar-refractivity contribution in [3.8, 4) is 55.6 Å². The summed E-state index contributed by atoms with van der Waals surface area (Å²) in [5.74, 6) is 0. The summed E-state index contributed by atoms with van der Waals surface area (Å²) in [6, 6.07) is 75.5. The lowest BCUT2D eigenvalue weighted by Gasteiger charge is -2.18. The summed E-state index contributed by atoms with van der Waals surface area (Å²) < 4.78 is 0. The fourth-order valence-electron chi connectivity index (χ4n) is 8.11. The average molecular weight is 659 g/mol.